The first-order valence-corrected chi connectivity index (χ1v) is 10.2. The lowest BCUT2D eigenvalue weighted by atomic mass is 10.2. The summed E-state index contributed by atoms with van der Waals surface area (Å²) in [5.41, 5.74) is 3.82. The topological polar surface area (TPSA) is 69.3 Å². The average Bonchev–Trinajstić information content (AvgIpc) is 3.37. The number of aromatic nitrogens is 2. The Hall–Kier alpha value is -3.51. The average molecular weight is 436 g/mol. The molecule has 2 heterocycles. The maximum absolute atomic E-state index is 12.6. The molecule has 4 rings (SSSR count). The van der Waals surface area contributed by atoms with Crippen molar-refractivity contribution >= 4 is 17.5 Å². The van der Waals surface area contributed by atoms with E-state index in [1.54, 1.807) is 36.4 Å². The van der Waals surface area contributed by atoms with Crippen molar-refractivity contribution in [3.63, 3.8) is 0 Å². The lowest BCUT2D eigenvalue weighted by molar-refractivity contribution is 0.0919. The molecule has 1 amide bonds. The molecule has 0 unspecified atom stereocenters. The van der Waals surface area contributed by atoms with Gasteiger partial charge in [-0.25, -0.2) is 4.68 Å². The third-order valence-corrected chi connectivity index (χ3v) is 5.20. The minimum absolute atomic E-state index is 0.219. The zero-order valence-electron chi connectivity index (χ0n) is 17.3. The van der Waals surface area contributed by atoms with Gasteiger partial charge < -0.3 is 14.5 Å². The van der Waals surface area contributed by atoms with Gasteiger partial charge in [0.15, 0.2) is 5.76 Å². The number of furan rings is 1. The molecule has 0 spiro atoms. The second kappa shape index (κ2) is 9.10. The summed E-state index contributed by atoms with van der Waals surface area (Å²) in [4.78, 5) is 12.6. The number of rotatable bonds is 7. The quantitative estimate of drug-likeness (QED) is 0.430. The Bertz CT molecular complexity index is 1180. The van der Waals surface area contributed by atoms with Crippen molar-refractivity contribution in [2.75, 3.05) is 0 Å². The molecule has 0 saturated carbocycles. The minimum atomic E-state index is -0.288. The molecule has 7 heteroatoms. The van der Waals surface area contributed by atoms with Crippen molar-refractivity contribution in [1.82, 2.24) is 15.1 Å². The van der Waals surface area contributed by atoms with E-state index in [9.17, 15) is 4.79 Å². The van der Waals surface area contributed by atoms with Crippen LogP contribution >= 0.6 is 11.6 Å². The highest BCUT2D eigenvalue weighted by Crippen LogP contribution is 2.19. The smallest absolute Gasteiger partial charge is 0.287 e. The highest BCUT2D eigenvalue weighted by Gasteiger charge is 2.16. The van der Waals surface area contributed by atoms with E-state index in [0.29, 0.717) is 23.1 Å². The van der Waals surface area contributed by atoms with E-state index in [2.05, 4.69) is 10.4 Å². The first-order chi connectivity index (χ1) is 15.0. The van der Waals surface area contributed by atoms with Crippen molar-refractivity contribution < 1.29 is 13.9 Å². The van der Waals surface area contributed by atoms with Gasteiger partial charge in [-0.3, -0.25) is 4.79 Å². The lowest BCUT2D eigenvalue weighted by Crippen LogP contribution is -2.23. The van der Waals surface area contributed by atoms with Gasteiger partial charge in [0.1, 0.15) is 18.1 Å². The fourth-order valence-electron chi connectivity index (χ4n) is 3.27. The number of benzene rings is 2. The van der Waals surface area contributed by atoms with Crippen molar-refractivity contribution in [2.24, 2.45) is 0 Å². The molecular formula is C24H22ClN3O3. The number of carbonyl (C=O) groups is 1. The van der Waals surface area contributed by atoms with Crippen LogP contribution in [0.2, 0.25) is 5.02 Å². The Balaban J connectivity index is 1.37. The predicted octanol–water partition coefficient (Wildman–Crippen LogP) is 5.24. The van der Waals surface area contributed by atoms with E-state index in [4.69, 9.17) is 20.8 Å². The van der Waals surface area contributed by atoms with Crippen LogP contribution in [-0.2, 0) is 13.2 Å². The molecule has 0 atom stereocenters. The molecule has 0 bridgehead atoms. The summed E-state index contributed by atoms with van der Waals surface area (Å²) in [6.45, 7) is 4.51. The molecule has 2 aromatic carbocycles. The number of halogens is 1. The number of aryl methyl sites for hydroxylation is 1. The molecule has 0 radical (unpaired) electrons. The zero-order valence-corrected chi connectivity index (χ0v) is 18.0. The van der Waals surface area contributed by atoms with E-state index in [0.717, 1.165) is 22.6 Å². The summed E-state index contributed by atoms with van der Waals surface area (Å²) in [6, 6.07) is 20.3. The minimum Gasteiger partial charge on any atom is -0.486 e. The Morgan fingerprint density at radius 2 is 1.81 bits per heavy atom. The van der Waals surface area contributed by atoms with Gasteiger partial charge >= 0.3 is 0 Å². The normalized spacial score (nSPS) is 10.8. The maximum atomic E-state index is 12.6. The Kier molecular flexibility index (Phi) is 6.09. The number of amides is 1. The fraction of sp³-hybridized carbons (Fsp3) is 0.167. The largest absolute Gasteiger partial charge is 0.486 e. The molecule has 2 aromatic heterocycles. The van der Waals surface area contributed by atoms with Gasteiger partial charge in [-0.1, -0.05) is 29.8 Å². The molecular weight excluding hydrogens is 414 g/mol. The molecule has 6 nitrogen and oxygen atoms in total. The zero-order chi connectivity index (χ0) is 21.8. The number of ether oxygens (including phenoxy) is 1. The van der Waals surface area contributed by atoms with Crippen molar-refractivity contribution in [1.29, 1.82) is 0 Å². The standard InChI is InChI=1S/C24H22ClN3O3/c1-16-22(17(2)28(27-16)19-6-4-3-5-7-19)14-26-24(29)23-13-12-21(31-23)15-30-20-10-8-18(25)9-11-20/h3-13H,14-15H2,1-2H3,(H,26,29). The second-order valence-corrected chi connectivity index (χ2v) is 7.52. The number of para-hydroxylation sites is 1. The van der Waals surface area contributed by atoms with Crippen molar-refractivity contribution in [3.8, 4) is 11.4 Å². The van der Waals surface area contributed by atoms with Gasteiger partial charge in [0, 0.05) is 22.8 Å². The van der Waals surface area contributed by atoms with Crippen LogP contribution in [0.15, 0.2) is 71.1 Å². The van der Waals surface area contributed by atoms with Gasteiger partial charge in [0.25, 0.3) is 5.91 Å². The van der Waals surface area contributed by atoms with Gasteiger partial charge in [0.2, 0.25) is 0 Å². The van der Waals surface area contributed by atoms with Crippen LogP contribution in [0, 0.1) is 13.8 Å². The molecule has 0 aliphatic heterocycles. The number of hydrogen-bond donors (Lipinski definition) is 1. The summed E-state index contributed by atoms with van der Waals surface area (Å²) in [5, 5.41) is 8.17. The van der Waals surface area contributed by atoms with Gasteiger partial charge in [-0.2, -0.15) is 5.10 Å². The Morgan fingerprint density at radius 3 is 2.55 bits per heavy atom. The van der Waals surface area contributed by atoms with E-state index in [-0.39, 0.29) is 18.3 Å². The first kappa shape index (κ1) is 20.8. The molecule has 158 valence electrons. The Morgan fingerprint density at radius 1 is 1.06 bits per heavy atom. The first-order valence-electron chi connectivity index (χ1n) is 9.87. The van der Waals surface area contributed by atoms with Crippen LogP contribution in [0.3, 0.4) is 0 Å². The maximum Gasteiger partial charge on any atom is 0.287 e. The third kappa shape index (κ3) is 4.81. The van der Waals surface area contributed by atoms with E-state index in [1.165, 1.54) is 0 Å². The van der Waals surface area contributed by atoms with E-state index >= 15 is 0 Å². The van der Waals surface area contributed by atoms with Crippen LogP contribution in [0.5, 0.6) is 5.75 Å². The van der Waals surface area contributed by atoms with Crippen LogP contribution in [0.4, 0.5) is 0 Å². The number of nitrogens with one attached hydrogen (secondary N) is 1. The monoisotopic (exact) mass is 435 g/mol. The molecule has 0 aliphatic carbocycles. The summed E-state index contributed by atoms with van der Waals surface area (Å²) < 4.78 is 13.2. The number of nitrogens with zero attached hydrogens (tertiary/aromatic N) is 2. The number of carbonyl (C=O) groups excluding carboxylic acids is 1. The Labute approximate surface area is 185 Å². The van der Waals surface area contributed by atoms with Crippen LogP contribution in [-0.4, -0.2) is 15.7 Å². The third-order valence-electron chi connectivity index (χ3n) is 4.95. The van der Waals surface area contributed by atoms with Crippen LogP contribution in [0.25, 0.3) is 5.69 Å². The van der Waals surface area contributed by atoms with Crippen LogP contribution in [0.1, 0.15) is 33.3 Å². The molecule has 4 aromatic rings. The lowest BCUT2D eigenvalue weighted by Gasteiger charge is -2.06. The van der Waals surface area contributed by atoms with Gasteiger partial charge in [-0.15, -0.1) is 0 Å². The predicted molar refractivity (Wildman–Crippen MR) is 119 cm³/mol. The van der Waals surface area contributed by atoms with E-state index < -0.39 is 0 Å². The summed E-state index contributed by atoms with van der Waals surface area (Å²) >= 11 is 5.87. The van der Waals surface area contributed by atoms with E-state index in [1.807, 2.05) is 48.9 Å². The molecule has 0 aliphatic rings. The molecule has 31 heavy (non-hydrogen) atoms. The summed E-state index contributed by atoms with van der Waals surface area (Å²) in [6.07, 6.45) is 0. The molecule has 0 fully saturated rings. The molecule has 0 saturated heterocycles. The fourth-order valence-corrected chi connectivity index (χ4v) is 3.40. The highest BCUT2D eigenvalue weighted by molar-refractivity contribution is 6.30. The van der Waals surface area contributed by atoms with Gasteiger partial charge in [-0.05, 0) is 62.4 Å². The molecule has 1 N–H and O–H groups in total. The summed E-state index contributed by atoms with van der Waals surface area (Å²) in [7, 11) is 0. The van der Waals surface area contributed by atoms with Crippen LogP contribution < -0.4 is 10.1 Å². The number of hydrogen-bond acceptors (Lipinski definition) is 4. The highest BCUT2D eigenvalue weighted by atomic mass is 35.5. The SMILES string of the molecule is Cc1nn(-c2ccccc2)c(C)c1CNC(=O)c1ccc(COc2ccc(Cl)cc2)o1. The van der Waals surface area contributed by atoms with Gasteiger partial charge in [0.05, 0.1) is 11.4 Å². The second-order valence-electron chi connectivity index (χ2n) is 7.09. The summed E-state index contributed by atoms with van der Waals surface area (Å²) in [5.74, 6) is 1.18. The van der Waals surface area contributed by atoms with Crippen molar-refractivity contribution in [2.45, 2.75) is 27.0 Å². The van der Waals surface area contributed by atoms with Crippen molar-refractivity contribution in [3.05, 3.63) is 100 Å².